The number of Topliss-reactive ketones (excluding diaryl/α,β-unsaturated/α-hetero) is 1. The quantitative estimate of drug-likeness (QED) is 0.148. The van der Waals surface area contributed by atoms with Gasteiger partial charge in [0.15, 0.2) is 5.78 Å². The van der Waals surface area contributed by atoms with Crippen molar-refractivity contribution in [3.05, 3.63) is 47.0 Å². The minimum Gasteiger partial charge on any atom is -0.392 e. The molecule has 3 aliphatic carbocycles. The van der Waals surface area contributed by atoms with E-state index in [1.165, 1.54) is 0 Å². The van der Waals surface area contributed by atoms with Crippen LogP contribution in [-0.4, -0.2) is 73.7 Å². The monoisotopic (exact) mass is 1010 g/mol. The molecule has 5 rings (SSSR count). The molecule has 4 aliphatic rings. The maximum atomic E-state index is 14.3. The van der Waals surface area contributed by atoms with Gasteiger partial charge in [0.1, 0.15) is 23.9 Å². The van der Waals surface area contributed by atoms with Crippen LogP contribution >= 0.6 is 0 Å². The van der Waals surface area contributed by atoms with Gasteiger partial charge in [0, 0.05) is 123 Å². The number of benzene rings is 1. The number of ketones is 1. The zero-order valence-corrected chi connectivity index (χ0v) is 35.0. The Labute approximate surface area is 320 Å². The third kappa shape index (κ3) is 5.19. The van der Waals surface area contributed by atoms with Crippen LogP contribution in [-0.2, 0) is 14.4 Å². The molecule has 9 nitrogen and oxygen atoms in total. The van der Waals surface area contributed by atoms with Crippen molar-refractivity contribution in [2.75, 3.05) is 6.61 Å². The summed E-state index contributed by atoms with van der Waals surface area (Å²) in [7, 11) is 0. The third-order valence-electron chi connectivity index (χ3n) is 11.9. The molecule has 3 fully saturated rings. The fraction of sp³-hybridized carbons (Fsp3) is 0.710. The van der Waals surface area contributed by atoms with Gasteiger partial charge in [-0.05, 0) is 31.8 Å². The normalized spacial score (nSPS) is 42.7. The molecule has 0 amide bonds. The van der Waals surface area contributed by atoms with Gasteiger partial charge in [-0.25, -0.2) is 4.89 Å². The molecule has 1 aromatic rings. The Kier molecular flexibility index (Phi) is 11.7. The first-order valence-electron chi connectivity index (χ1n) is 14.4. The van der Waals surface area contributed by atoms with E-state index in [-0.39, 0.29) is 120 Å². The van der Waals surface area contributed by atoms with E-state index in [0.717, 1.165) is 5.56 Å². The molecule has 10 unspecified atom stereocenters. The number of hydrogen-bond acceptors (Lipinski definition) is 8. The van der Waals surface area contributed by atoms with Gasteiger partial charge in [0.2, 0.25) is 0 Å². The molecule has 2 bridgehead atoms. The number of ether oxygens (including phenoxy) is 1. The Balaban J connectivity index is 0.00000242. The van der Waals surface area contributed by atoms with E-state index in [0.29, 0.717) is 11.1 Å². The molecule has 1 aromatic carbocycles. The van der Waals surface area contributed by atoms with Crippen LogP contribution in [0.1, 0.15) is 66.0 Å². The van der Waals surface area contributed by atoms with Crippen molar-refractivity contribution in [2.45, 2.75) is 96.0 Å². The smallest absolute Gasteiger partial charge is 0.174 e. The van der Waals surface area contributed by atoms with Crippen LogP contribution in [0.25, 0.3) is 0 Å². The number of fused-ring (bicyclic) bond motifs is 5. The fourth-order valence-corrected chi connectivity index (χ4v) is 9.19. The number of hydrogen-bond donors (Lipinski definition) is 6. The van der Waals surface area contributed by atoms with Gasteiger partial charge in [-0.3, -0.25) is 10.1 Å². The standard InChI is InChI=1S/C31H45NO8.2Ac/c1-15-19(25(40-38)16(2)23(32)18-10-8-7-9-11-18)13-31(37)17(3)26-29(6,20(33)12-21-30(26,36)14-39-21)27(35)24(34)22(15)28(31,4)5;;/h7-11,16-17,19-21,23-26,33-34,36-38H,12-14,32H2,1-6H3;;/p+1/t16?,17?,19?,20?,21?,23?,24?,25-,26?,29+,30?,31?;;/m0../s1. The van der Waals surface area contributed by atoms with Gasteiger partial charge in [-0.1, -0.05) is 63.6 Å². The van der Waals surface area contributed by atoms with Crippen LogP contribution < -0.4 is 5.73 Å². The predicted molar refractivity (Wildman–Crippen MR) is 145 cm³/mol. The maximum absolute atomic E-state index is 14.3. The average Bonchev–Trinajstić information content (AvgIpc) is 2.92. The van der Waals surface area contributed by atoms with E-state index in [1.807, 2.05) is 65.0 Å². The van der Waals surface area contributed by atoms with Gasteiger partial charge in [0.25, 0.3) is 0 Å². The number of rotatable bonds is 5. The van der Waals surface area contributed by atoms with Crippen LogP contribution in [0.15, 0.2) is 41.5 Å². The molecule has 11 heteroatoms. The predicted octanol–water partition coefficient (Wildman–Crippen LogP) is 1.65. The van der Waals surface area contributed by atoms with Crippen LogP contribution in [0.4, 0.5) is 0 Å². The van der Waals surface area contributed by atoms with Crippen LogP contribution in [0.5, 0.6) is 0 Å². The van der Waals surface area contributed by atoms with Crippen molar-refractivity contribution < 1.29 is 134 Å². The number of aliphatic hydroxyl groups excluding tert-OH is 2. The number of carbonyl (C=O) groups is 1. The van der Waals surface area contributed by atoms with E-state index in [2.05, 4.69) is 5.73 Å². The van der Waals surface area contributed by atoms with Crippen LogP contribution in [0, 0.1) is 123 Å². The van der Waals surface area contributed by atoms with Crippen molar-refractivity contribution in [1.29, 1.82) is 0 Å². The second-order valence-electron chi connectivity index (χ2n) is 13.8. The maximum Gasteiger partial charge on any atom is 0.174 e. The molecular weight excluding hydrogens is 968 g/mol. The summed E-state index contributed by atoms with van der Waals surface area (Å²) in [6, 6.07) is 9.45. The van der Waals surface area contributed by atoms with Crippen molar-refractivity contribution >= 4 is 5.78 Å². The number of quaternary nitrogens is 1. The topological polar surface area (TPSA) is 164 Å². The molecule has 2 radical (unpaired) electrons. The minimum absolute atomic E-state index is 0. The summed E-state index contributed by atoms with van der Waals surface area (Å²) in [6.07, 6.45) is -4.04. The molecule has 8 N–H and O–H groups in total. The first-order chi connectivity index (χ1) is 18.6. The Morgan fingerprint density at radius 2 is 1.69 bits per heavy atom. The van der Waals surface area contributed by atoms with Gasteiger partial charge in [-0.15, -0.1) is 0 Å². The molecule has 1 aliphatic heterocycles. The first-order valence-corrected chi connectivity index (χ1v) is 14.4. The summed E-state index contributed by atoms with van der Waals surface area (Å²) in [5.74, 6) is -3.02. The second kappa shape index (κ2) is 13.0. The van der Waals surface area contributed by atoms with E-state index in [9.17, 15) is 30.5 Å². The summed E-state index contributed by atoms with van der Waals surface area (Å²) < 4.78 is 5.63. The van der Waals surface area contributed by atoms with Crippen molar-refractivity contribution in [3.8, 4) is 0 Å². The van der Waals surface area contributed by atoms with Crippen molar-refractivity contribution in [2.24, 2.45) is 34.5 Å². The Hall–Kier alpha value is 1.19. The molecule has 228 valence electrons. The van der Waals surface area contributed by atoms with Crippen molar-refractivity contribution in [1.82, 2.24) is 0 Å². The largest absolute Gasteiger partial charge is 0.392 e. The third-order valence-corrected chi connectivity index (χ3v) is 11.9. The first kappa shape index (κ1) is 37.6. The molecular formula is C31H46Ac2NO8+. The second-order valence-corrected chi connectivity index (χ2v) is 13.8. The fourth-order valence-electron chi connectivity index (χ4n) is 9.19. The number of carbonyl (C=O) groups excluding carboxylic acids is 1. The van der Waals surface area contributed by atoms with Gasteiger partial charge in [-0.2, -0.15) is 0 Å². The van der Waals surface area contributed by atoms with Crippen LogP contribution in [0.3, 0.4) is 0 Å². The molecule has 42 heavy (non-hydrogen) atoms. The summed E-state index contributed by atoms with van der Waals surface area (Å²) in [4.78, 5) is 19.4. The molecule has 1 heterocycles. The summed E-state index contributed by atoms with van der Waals surface area (Å²) in [5, 5.41) is 58.1. The molecule has 0 spiro atoms. The summed E-state index contributed by atoms with van der Waals surface area (Å²) >= 11 is 0. The Bertz CT molecular complexity index is 1200. The Morgan fingerprint density at radius 1 is 1.10 bits per heavy atom. The molecule has 2 saturated carbocycles. The number of aliphatic hydroxyl groups is 4. The van der Waals surface area contributed by atoms with Crippen LogP contribution in [0.2, 0.25) is 0 Å². The van der Waals surface area contributed by atoms with E-state index in [4.69, 9.17) is 9.62 Å². The van der Waals surface area contributed by atoms with E-state index in [1.54, 1.807) is 6.92 Å². The zero-order valence-electron chi connectivity index (χ0n) is 25.5. The van der Waals surface area contributed by atoms with Gasteiger partial charge in [0.05, 0.1) is 29.8 Å². The van der Waals surface area contributed by atoms with E-state index >= 15 is 0 Å². The SMILES string of the molecule is CC1=C2C(O)C(=O)[C@]3(C)C(O)CC4OCC4(O)C3C(C)C(O)(CC1[C@@H](OO)C(C)C([NH3+])c1ccccc1)C2(C)C.[Ac].[Ac]. The summed E-state index contributed by atoms with van der Waals surface area (Å²) in [5.41, 5.74) is 0.795. The molecule has 1 saturated heterocycles. The van der Waals surface area contributed by atoms with Crippen molar-refractivity contribution in [3.63, 3.8) is 0 Å². The van der Waals surface area contributed by atoms with E-state index < -0.39 is 70.0 Å². The average molecular weight is 1010 g/mol. The van der Waals surface area contributed by atoms with Gasteiger partial charge < -0.3 is 30.9 Å². The van der Waals surface area contributed by atoms with Gasteiger partial charge >= 0.3 is 0 Å². The molecule has 0 aromatic heterocycles. The Morgan fingerprint density at radius 3 is 2.21 bits per heavy atom. The minimum atomic E-state index is -1.63. The summed E-state index contributed by atoms with van der Waals surface area (Å²) in [6.45, 7) is 10.8. The zero-order chi connectivity index (χ0) is 29.6. The molecule has 12 atom stereocenters.